The minimum atomic E-state index is -0.128. The number of hydrogen-bond donors (Lipinski definition) is 1. The van der Waals surface area contributed by atoms with Crippen molar-refractivity contribution in [3.05, 3.63) is 70.3 Å². The molecule has 0 unspecified atom stereocenters. The van der Waals surface area contributed by atoms with Crippen LogP contribution in [-0.4, -0.2) is 9.55 Å². The molecular weight excluding hydrogens is 264 g/mol. The SMILES string of the molecule is N#Cc1ccc(Cn2cnc3ccc(N)cc3c2=O)cc1. The molecule has 0 saturated heterocycles. The van der Waals surface area contributed by atoms with E-state index >= 15 is 0 Å². The Morgan fingerprint density at radius 2 is 1.95 bits per heavy atom. The van der Waals surface area contributed by atoms with E-state index < -0.39 is 0 Å². The van der Waals surface area contributed by atoms with Crippen molar-refractivity contribution in [1.82, 2.24) is 9.55 Å². The first kappa shape index (κ1) is 12.9. The zero-order chi connectivity index (χ0) is 14.8. The summed E-state index contributed by atoms with van der Waals surface area (Å²) >= 11 is 0. The molecule has 0 amide bonds. The summed E-state index contributed by atoms with van der Waals surface area (Å²) in [6.07, 6.45) is 1.53. The molecule has 102 valence electrons. The summed E-state index contributed by atoms with van der Waals surface area (Å²) in [6.45, 7) is 0.405. The van der Waals surface area contributed by atoms with Crippen molar-refractivity contribution in [3.8, 4) is 6.07 Å². The van der Waals surface area contributed by atoms with E-state index in [9.17, 15) is 4.79 Å². The third-order valence-electron chi connectivity index (χ3n) is 3.28. The first-order valence-electron chi connectivity index (χ1n) is 6.41. The summed E-state index contributed by atoms with van der Waals surface area (Å²) in [6, 6.07) is 14.3. The van der Waals surface area contributed by atoms with Crippen molar-refractivity contribution in [2.24, 2.45) is 0 Å². The fraction of sp³-hybridized carbons (Fsp3) is 0.0625. The lowest BCUT2D eigenvalue weighted by Gasteiger charge is -2.07. The first-order valence-corrected chi connectivity index (χ1v) is 6.41. The van der Waals surface area contributed by atoms with Crippen LogP contribution < -0.4 is 11.3 Å². The van der Waals surface area contributed by atoms with Gasteiger partial charge in [-0.2, -0.15) is 5.26 Å². The maximum absolute atomic E-state index is 12.4. The van der Waals surface area contributed by atoms with Crippen molar-refractivity contribution < 1.29 is 0 Å². The highest BCUT2D eigenvalue weighted by Gasteiger charge is 2.05. The van der Waals surface area contributed by atoms with Crippen molar-refractivity contribution in [1.29, 1.82) is 5.26 Å². The van der Waals surface area contributed by atoms with Crippen LogP contribution in [0.3, 0.4) is 0 Å². The lowest BCUT2D eigenvalue weighted by molar-refractivity contribution is 0.748. The molecule has 3 aromatic rings. The lowest BCUT2D eigenvalue weighted by atomic mass is 10.1. The zero-order valence-corrected chi connectivity index (χ0v) is 11.2. The molecule has 0 aliphatic carbocycles. The Kier molecular flexibility index (Phi) is 3.13. The van der Waals surface area contributed by atoms with E-state index in [0.29, 0.717) is 28.7 Å². The molecule has 0 saturated carbocycles. The number of hydrogen-bond acceptors (Lipinski definition) is 4. The normalized spacial score (nSPS) is 10.4. The van der Waals surface area contributed by atoms with Gasteiger partial charge in [0.05, 0.1) is 35.4 Å². The Bertz CT molecular complexity index is 904. The summed E-state index contributed by atoms with van der Waals surface area (Å²) in [4.78, 5) is 16.7. The lowest BCUT2D eigenvalue weighted by Crippen LogP contribution is -2.21. The van der Waals surface area contributed by atoms with E-state index in [1.165, 1.54) is 10.9 Å². The number of nitrogens with two attached hydrogens (primary N) is 1. The molecule has 0 radical (unpaired) electrons. The zero-order valence-electron chi connectivity index (χ0n) is 11.2. The van der Waals surface area contributed by atoms with Gasteiger partial charge in [-0.1, -0.05) is 12.1 Å². The highest BCUT2D eigenvalue weighted by Crippen LogP contribution is 2.11. The van der Waals surface area contributed by atoms with Crippen LogP contribution in [-0.2, 0) is 6.54 Å². The Morgan fingerprint density at radius 3 is 2.67 bits per heavy atom. The summed E-state index contributed by atoms with van der Waals surface area (Å²) in [7, 11) is 0. The number of nitriles is 1. The van der Waals surface area contributed by atoms with Crippen LogP contribution in [0.4, 0.5) is 5.69 Å². The molecule has 21 heavy (non-hydrogen) atoms. The molecule has 0 spiro atoms. The Balaban J connectivity index is 2.02. The molecule has 0 aliphatic heterocycles. The monoisotopic (exact) mass is 276 g/mol. The molecular formula is C16H12N4O. The molecule has 0 atom stereocenters. The number of fused-ring (bicyclic) bond motifs is 1. The first-order chi connectivity index (χ1) is 10.2. The fourth-order valence-electron chi connectivity index (χ4n) is 2.17. The predicted molar refractivity (Wildman–Crippen MR) is 80.7 cm³/mol. The third-order valence-corrected chi connectivity index (χ3v) is 3.28. The molecule has 0 bridgehead atoms. The van der Waals surface area contributed by atoms with Crippen LogP contribution in [0.1, 0.15) is 11.1 Å². The van der Waals surface area contributed by atoms with Crippen LogP contribution in [0.2, 0.25) is 0 Å². The van der Waals surface area contributed by atoms with Crippen LogP contribution in [0.15, 0.2) is 53.6 Å². The Morgan fingerprint density at radius 1 is 1.19 bits per heavy atom. The third kappa shape index (κ3) is 2.47. The highest BCUT2D eigenvalue weighted by molar-refractivity contribution is 5.80. The molecule has 2 aromatic carbocycles. The molecule has 0 fully saturated rings. The average Bonchev–Trinajstić information content (AvgIpc) is 2.51. The van der Waals surface area contributed by atoms with Gasteiger partial charge >= 0.3 is 0 Å². The highest BCUT2D eigenvalue weighted by atomic mass is 16.1. The molecule has 5 heteroatoms. The molecule has 5 nitrogen and oxygen atoms in total. The van der Waals surface area contributed by atoms with Crippen molar-refractivity contribution >= 4 is 16.6 Å². The number of aromatic nitrogens is 2. The van der Waals surface area contributed by atoms with Crippen molar-refractivity contribution in [2.45, 2.75) is 6.54 Å². The van der Waals surface area contributed by atoms with E-state index in [4.69, 9.17) is 11.0 Å². The van der Waals surface area contributed by atoms with E-state index in [-0.39, 0.29) is 5.56 Å². The van der Waals surface area contributed by atoms with Gasteiger partial charge in [0, 0.05) is 5.69 Å². The molecule has 0 aliphatic rings. The smallest absolute Gasteiger partial charge is 0.261 e. The summed E-state index contributed by atoms with van der Waals surface area (Å²) in [5.41, 5.74) is 8.29. The molecule has 3 rings (SSSR count). The van der Waals surface area contributed by atoms with E-state index in [0.717, 1.165) is 5.56 Å². The maximum atomic E-state index is 12.4. The topological polar surface area (TPSA) is 84.7 Å². The van der Waals surface area contributed by atoms with Gasteiger partial charge in [-0.3, -0.25) is 9.36 Å². The number of nitrogens with zero attached hydrogens (tertiary/aromatic N) is 3. The van der Waals surface area contributed by atoms with Gasteiger partial charge in [-0.05, 0) is 35.9 Å². The van der Waals surface area contributed by atoms with Crippen LogP contribution in [0.25, 0.3) is 10.9 Å². The van der Waals surface area contributed by atoms with Gasteiger partial charge in [-0.15, -0.1) is 0 Å². The van der Waals surface area contributed by atoms with Crippen LogP contribution >= 0.6 is 0 Å². The largest absolute Gasteiger partial charge is 0.399 e. The predicted octanol–water partition coefficient (Wildman–Crippen LogP) is 1.90. The second-order valence-corrected chi connectivity index (χ2v) is 4.76. The minimum absolute atomic E-state index is 0.128. The van der Waals surface area contributed by atoms with E-state index in [1.807, 2.05) is 12.1 Å². The summed E-state index contributed by atoms with van der Waals surface area (Å²) in [5, 5.41) is 9.29. The van der Waals surface area contributed by atoms with Gasteiger partial charge in [-0.25, -0.2) is 4.98 Å². The van der Waals surface area contributed by atoms with Crippen LogP contribution in [0, 0.1) is 11.3 Å². The van der Waals surface area contributed by atoms with E-state index in [1.54, 1.807) is 30.3 Å². The molecule has 2 N–H and O–H groups in total. The number of nitrogen functional groups attached to an aromatic ring is 1. The second-order valence-electron chi connectivity index (χ2n) is 4.76. The van der Waals surface area contributed by atoms with Gasteiger partial charge in [0.15, 0.2) is 0 Å². The van der Waals surface area contributed by atoms with Gasteiger partial charge < -0.3 is 5.73 Å². The van der Waals surface area contributed by atoms with Crippen molar-refractivity contribution in [2.75, 3.05) is 5.73 Å². The molecule has 1 aromatic heterocycles. The summed E-state index contributed by atoms with van der Waals surface area (Å²) < 4.78 is 1.53. The number of benzene rings is 2. The van der Waals surface area contributed by atoms with Gasteiger partial charge in [0.1, 0.15) is 0 Å². The van der Waals surface area contributed by atoms with Gasteiger partial charge in [0.2, 0.25) is 0 Å². The quantitative estimate of drug-likeness (QED) is 0.724. The average molecular weight is 276 g/mol. The number of rotatable bonds is 2. The fourth-order valence-corrected chi connectivity index (χ4v) is 2.17. The number of anilines is 1. The minimum Gasteiger partial charge on any atom is -0.399 e. The second kappa shape index (κ2) is 5.10. The summed E-state index contributed by atoms with van der Waals surface area (Å²) in [5.74, 6) is 0. The standard InChI is InChI=1S/C16H12N4O/c17-8-11-1-3-12(4-2-11)9-20-10-19-15-6-5-13(18)7-14(15)16(20)21/h1-7,10H,9,18H2. The Labute approximate surface area is 120 Å². The maximum Gasteiger partial charge on any atom is 0.261 e. The van der Waals surface area contributed by atoms with Gasteiger partial charge in [0.25, 0.3) is 5.56 Å². The Hall–Kier alpha value is -3.13. The molecule has 1 heterocycles. The van der Waals surface area contributed by atoms with Crippen LogP contribution in [0.5, 0.6) is 0 Å². The van der Waals surface area contributed by atoms with E-state index in [2.05, 4.69) is 11.1 Å². The van der Waals surface area contributed by atoms with Crippen molar-refractivity contribution in [3.63, 3.8) is 0 Å².